The molecule has 172 valence electrons. The second-order valence-electron chi connectivity index (χ2n) is 7.54. The number of rotatable bonds is 9. The number of nitrogens with one attached hydrogen (secondary N) is 1. The zero-order valence-electron chi connectivity index (χ0n) is 18.9. The minimum atomic E-state index is -0.733. The third-order valence-corrected chi connectivity index (χ3v) is 5.55. The van der Waals surface area contributed by atoms with Crippen LogP contribution in [0.15, 0.2) is 72.8 Å². The lowest BCUT2D eigenvalue weighted by molar-refractivity contribution is -0.138. The maximum absolute atomic E-state index is 13.3. The second-order valence-corrected chi connectivity index (χ2v) is 7.98. The molecule has 0 aliphatic carbocycles. The van der Waals surface area contributed by atoms with E-state index in [4.69, 9.17) is 21.1 Å². The summed E-state index contributed by atoms with van der Waals surface area (Å²) in [6, 6.07) is 21.1. The van der Waals surface area contributed by atoms with Gasteiger partial charge in [0.1, 0.15) is 17.5 Å². The fourth-order valence-corrected chi connectivity index (χ4v) is 3.51. The topological polar surface area (TPSA) is 67.9 Å². The van der Waals surface area contributed by atoms with Crippen molar-refractivity contribution in [1.82, 2.24) is 4.90 Å². The number of anilines is 1. The van der Waals surface area contributed by atoms with Gasteiger partial charge in [0.15, 0.2) is 0 Å². The molecule has 0 bridgehead atoms. The molecule has 1 unspecified atom stereocenters. The lowest BCUT2D eigenvalue weighted by atomic mass is 10.1. The van der Waals surface area contributed by atoms with Gasteiger partial charge >= 0.3 is 0 Å². The zero-order valence-corrected chi connectivity index (χ0v) is 19.6. The minimum absolute atomic E-state index is 0.152. The molecule has 0 spiro atoms. The number of ether oxygens (including phenoxy) is 2. The molecule has 0 radical (unpaired) electrons. The molecule has 3 rings (SSSR count). The van der Waals surface area contributed by atoms with E-state index in [2.05, 4.69) is 5.32 Å². The van der Waals surface area contributed by atoms with Crippen LogP contribution in [-0.4, -0.2) is 37.0 Å². The highest BCUT2D eigenvalue weighted by atomic mass is 35.5. The fraction of sp³-hybridized carbons (Fsp3) is 0.231. The summed E-state index contributed by atoms with van der Waals surface area (Å²) in [5, 5.41) is 3.48. The van der Waals surface area contributed by atoms with Crippen LogP contribution in [0.3, 0.4) is 0 Å². The summed E-state index contributed by atoms with van der Waals surface area (Å²) in [6.07, 6.45) is 0.192. The molecule has 0 aliphatic heterocycles. The number of carbonyl (C=O) groups excluding carboxylic acids is 2. The zero-order chi connectivity index (χ0) is 23.8. The molecule has 6 nitrogen and oxygen atoms in total. The van der Waals surface area contributed by atoms with E-state index in [1.807, 2.05) is 42.5 Å². The van der Waals surface area contributed by atoms with Crippen molar-refractivity contribution in [1.29, 1.82) is 0 Å². The molecule has 1 atom stereocenters. The van der Waals surface area contributed by atoms with Gasteiger partial charge in [0, 0.05) is 17.6 Å². The van der Waals surface area contributed by atoms with Gasteiger partial charge in [-0.15, -0.1) is 0 Å². The molecule has 7 heteroatoms. The van der Waals surface area contributed by atoms with Gasteiger partial charge in [-0.3, -0.25) is 9.59 Å². The summed E-state index contributed by atoms with van der Waals surface area (Å²) < 4.78 is 10.6. The minimum Gasteiger partial charge on any atom is -0.497 e. The summed E-state index contributed by atoms with van der Waals surface area (Å²) in [6.45, 7) is 1.99. The maximum Gasteiger partial charge on any atom is 0.247 e. The van der Waals surface area contributed by atoms with Crippen LogP contribution in [0.25, 0.3) is 0 Å². The summed E-state index contributed by atoms with van der Waals surface area (Å²) in [5.41, 5.74) is 2.26. The van der Waals surface area contributed by atoms with Crippen LogP contribution in [0, 0.1) is 0 Å². The van der Waals surface area contributed by atoms with E-state index in [0.717, 1.165) is 11.1 Å². The first-order chi connectivity index (χ1) is 15.9. The monoisotopic (exact) mass is 466 g/mol. The molecule has 2 amide bonds. The molecular weight excluding hydrogens is 440 g/mol. The standard InChI is InChI=1S/C26H27ClN2O4/c1-18(26(31)28-23-14-13-22(32-2)16-24(23)33-3)29(17-20-9-11-21(27)12-10-20)25(30)15-19-7-5-4-6-8-19/h4-14,16,18H,15,17H2,1-3H3,(H,28,31). The molecule has 33 heavy (non-hydrogen) atoms. The summed E-state index contributed by atoms with van der Waals surface area (Å²) in [7, 11) is 3.08. The van der Waals surface area contributed by atoms with E-state index < -0.39 is 6.04 Å². The Morgan fingerprint density at radius 2 is 1.64 bits per heavy atom. The van der Waals surface area contributed by atoms with Gasteiger partial charge in [0.2, 0.25) is 11.8 Å². The number of carbonyl (C=O) groups is 2. The largest absolute Gasteiger partial charge is 0.497 e. The van der Waals surface area contributed by atoms with Gasteiger partial charge in [-0.05, 0) is 42.3 Å². The van der Waals surface area contributed by atoms with E-state index >= 15 is 0 Å². The first-order valence-electron chi connectivity index (χ1n) is 10.5. The molecule has 3 aromatic rings. The number of methoxy groups -OCH3 is 2. The molecule has 0 saturated carbocycles. The van der Waals surface area contributed by atoms with Crippen molar-refractivity contribution in [3.63, 3.8) is 0 Å². The number of hydrogen-bond acceptors (Lipinski definition) is 4. The smallest absolute Gasteiger partial charge is 0.247 e. The lowest BCUT2D eigenvalue weighted by Crippen LogP contribution is -2.45. The van der Waals surface area contributed by atoms with Crippen LogP contribution in [0.1, 0.15) is 18.1 Å². The number of amides is 2. The molecular formula is C26H27ClN2O4. The quantitative estimate of drug-likeness (QED) is 0.484. The average Bonchev–Trinajstić information content (AvgIpc) is 2.84. The van der Waals surface area contributed by atoms with E-state index in [0.29, 0.717) is 22.2 Å². The molecule has 0 aliphatic rings. The van der Waals surface area contributed by atoms with E-state index in [9.17, 15) is 9.59 Å². The Balaban J connectivity index is 1.82. The third kappa shape index (κ3) is 6.49. The van der Waals surface area contributed by atoms with Crippen molar-refractivity contribution in [2.45, 2.75) is 25.9 Å². The Kier molecular flexibility index (Phi) is 8.33. The molecule has 0 heterocycles. The van der Waals surface area contributed by atoms with Gasteiger partial charge in [-0.1, -0.05) is 54.1 Å². The van der Waals surface area contributed by atoms with Crippen molar-refractivity contribution in [3.05, 3.63) is 88.9 Å². The van der Waals surface area contributed by atoms with Gasteiger partial charge in [0.25, 0.3) is 0 Å². The van der Waals surface area contributed by atoms with Crippen LogP contribution in [0.5, 0.6) is 11.5 Å². The Bertz CT molecular complexity index is 1090. The van der Waals surface area contributed by atoms with Gasteiger partial charge in [0.05, 0.1) is 26.3 Å². The summed E-state index contributed by atoms with van der Waals surface area (Å²) >= 11 is 6.01. The first kappa shape index (κ1) is 24.1. The Hall–Kier alpha value is -3.51. The number of nitrogens with zero attached hydrogens (tertiary/aromatic N) is 1. The van der Waals surface area contributed by atoms with Crippen LogP contribution in [0.2, 0.25) is 5.02 Å². The average molecular weight is 467 g/mol. The number of hydrogen-bond donors (Lipinski definition) is 1. The number of benzene rings is 3. The van der Waals surface area contributed by atoms with Gasteiger partial charge < -0.3 is 19.7 Å². The Labute approximate surface area is 199 Å². The van der Waals surface area contributed by atoms with E-state index in [1.54, 1.807) is 49.3 Å². The Morgan fingerprint density at radius 3 is 2.27 bits per heavy atom. The Morgan fingerprint density at radius 1 is 0.939 bits per heavy atom. The SMILES string of the molecule is COc1ccc(NC(=O)C(C)N(Cc2ccc(Cl)cc2)C(=O)Cc2ccccc2)c(OC)c1. The van der Waals surface area contributed by atoms with Gasteiger partial charge in [-0.2, -0.15) is 0 Å². The predicted octanol–water partition coefficient (Wildman–Crippen LogP) is 4.96. The highest BCUT2D eigenvalue weighted by Gasteiger charge is 2.27. The van der Waals surface area contributed by atoms with Crippen LogP contribution < -0.4 is 14.8 Å². The number of halogens is 1. The second kappa shape index (κ2) is 11.4. The normalized spacial score (nSPS) is 11.4. The third-order valence-electron chi connectivity index (χ3n) is 5.30. The van der Waals surface area contributed by atoms with Crippen LogP contribution in [-0.2, 0) is 22.6 Å². The molecule has 0 fully saturated rings. The van der Waals surface area contributed by atoms with E-state index in [1.165, 1.54) is 7.11 Å². The summed E-state index contributed by atoms with van der Waals surface area (Å²) in [5.74, 6) is 0.601. The lowest BCUT2D eigenvalue weighted by Gasteiger charge is -2.29. The van der Waals surface area contributed by atoms with Crippen molar-refractivity contribution in [2.24, 2.45) is 0 Å². The van der Waals surface area contributed by atoms with Gasteiger partial charge in [-0.25, -0.2) is 0 Å². The van der Waals surface area contributed by atoms with Crippen molar-refractivity contribution < 1.29 is 19.1 Å². The highest BCUT2D eigenvalue weighted by molar-refractivity contribution is 6.30. The highest BCUT2D eigenvalue weighted by Crippen LogP contribution is 2.29. The summed E-state index contributed by atoms with van der Waals surface area (Å²) in [4.78, 5) is 28.0. The van der Waals surface area contributed by atoms with Crippen LogP contribution in [0.4, 0.5) is 5.69 Å². The fourth-order valence-electron chi connectivity index (χ4n) is 3.38. The van der Waals surface area contributed by atoms with Crippen LogP contribution >= 0.6 is 11.6 Å². The predicted molar refractivity (Wildman–Crippen MR) is 130 cm³/mol. The van der Waals surface area contributed by atoms with Crippen molar-refractivity contribution >= 4 is 29.1 Å². The molecule has 0 saturated heterocycles. The van der Waals surface area contributed by atoms with Crippen molar-refractivity contribution in [2.75, 3.05) is 19.5 Å². The van der Waals surface area contributed by atoms with Crippen molar-refractivity contribution in [3.8, 4) is 11.5 Å². The molecule has 0 aromatic heterocycles. The maximum atomic E-state index is 13.3. The molecule has 1 N–H and O–H groups in total. The van der Waals surface area contributed by atoms with E-state index in [-0.39, 0.29) is 24.8 Å². The first-order valence-corrected chi connectivity index (χ1v) is 10.9. The molecule has 3 aromatic carbocycles.